The first-order chi connectivity index (χ1) is 13.1. The maximum atomic E-state index is 12.5. The Bertz CT molecular complexity index is 914. The van der Waals surface area contributed by atoms with E-state index in [0.29, 0.717) is 11.1 Å². The Balaban J connectivity index is 2.19. The van der Waals surface area contributed by atoms with Crippen LogP contribution in [0, 0.1) is 10.1 Å². The van der Waals surface area contributed by atoms with Crippen LogP contribution < -0.4 is 5.32 Å². The van der Waals surface area contributed by atoms with Crippen molar-refractivity contribution in [2.45, 2.75) is 25.5 Å². The van der Waals surface area contributed by atoms with Crippen molar-refractivity contribution in [2.75, 3.05) is 0 Å². The maximum absolute atomic E-state index is 12.5. The molecule has 10 nitrogen and oxygen atoms in total. The van der Waals surface area contributed by atoms with Gasteiger partial charge in [0.05, 0.1) is 0 Å². The molecular formula is C18H18N2O8. The number of nitrogens with zero attached hydrogens (tertiary/aromatic N) is 1. The summed E-state index contributed by atoms with van der Waals surface area (Å²) in [4.78, 5) is 38.8. The van der Waals surface area contributed by atoms with Crippen molar-refractivity contribution in [3.63, 3.8) is 0 Å². The number of rotatable bonds is 8. The number of amides is 1. The van der Waals surface area contributed by atoms with Gasteiger partial charge in [0.1, 0.15) is 12.1 Å². The van der Waals surface area contributed by atoms with E-state index in [1.807, 2.05) is 0 Å². The third-order valence-corrected chi connectivity index (χ3v) is 3.98. The molecule has 0 spiro atoms. The summed E-state index contributed by atoms with van der Waals surface area (Å²) in [5, 5.41) is 40.3. The molecule has 0 saturated heterocycles. The summed E-state index contributed by atoms with van der Waals surface area (Å²) < 4.78 is 0. The van der Waals surface area contributed by atoms with Crippen LogP contribution in [-0.2, 0) is 22.7 Å². The van der Waals surface area contributed by atoms with E-state index in [2.05, 4.69) is 10.2 Å². The van der Waals surface area contributed by atoms with Crippen molar-refractivity contribution < 1.29 is 34.8 Å². The summed E-state index contributed by atoms with van der Waals surface area (Å²) in [5.74, 6) is -2.76. The van der Waals surface area contributed by atoms with Crippen molar-refractivity contribution in [3.8, 4) is 11.5 Å². The van der Waals surface area contributed by atoms with E-state index in [-0.39, 0.29) is 24.3 Å². The predicted molar refractivity (Wildman–Crippen MR) is 95.2 cm³/mol. The molecule has 0 fully saturated rings. The summed E-state index contributed by atoms with van der Waals surface area (Å²) in [6.07, 6.45) is -0.161. The Kier molecular flexibility index (Phi) is 6.04. The highest BCUT2D eigenvalue weighted by Crippen LogP contribution is 2.27. The highest BCUT2D eigenvalue weighted by atomic mass is 16.9. The Morgan fingerprint density at radius 1 is 1.14 bits per heavy atom. The smallest absolute Gasteiger partial charge is 0.329 e. The molecule has 2 aromatic carbocycles. The van der Waals surface area contributed by atoms with E-state index >= 15 is 0 Å². The zero-order valence-electron chi connectivity index (χ0n) is 14.8. The number of carbonyl (C=O) groups excluding carboxylic acids is 1. The van der Waals surface area contributed by atoms with Gasteiger partial charge in [-0.3, -0.25) is 4.79 Å². The Hall–Kier alpha value is -3.82. The van der Waals surface area contributed by atoms with Gasteiger partial charge < -0.3 is 25.5 Å². The topological polar surface area (TPSA) is 159 Å². The van der Waals surface area contributed by atoms with Crippen molar-refractivity contribution in [2.24, 2.45) is 0 Å². The lowest BCUT2D eigenvalue weighted by Crippen LogP contribution is -2.53. The van der Waals surface area contributed by atoms with Gasteiger partial charge in [0.15, 0.2) is 11.5 Å². The number of phenols is 2. The van der Waals surface area contributed by atoms with Crippen LogP contribution in [0.25, 0.3) is 0 Å². The number of aliphatic carboxylic acids is 1. The molecule has 10 heteroatoms. The van der Waals surface area contributed by atoms with Gasteiger partial charge in [-0.05, 0) is 42.3 Å². The average molecular weight is 390 g/mol. The average Bonchev–Trinajstić information content (AvgIpc) is 2.63. The molecule has 2 rings (SSSR count). The Labute approximate surface area is 159 Å². The number of carboxylic acid groups (broad SMARTS) is 1. The van der Waals surface area contributed by atoms with Gasteiger partial charge in [0.2, 0.25) is 0 Å². The minimum atomic E-state index is -1.71. The second-order valence-electron chi connectivity index (χ2n) is 6.29. The number of hydrogen-bond donors (Lipinski definition) is 4. The van der Waals surface area contributed by atoms with Crippen LogP contribution in [0.4, 0.5) is 0 Å². The van der Waals surface area contributed by atoms with E-state index in [4.69, 9.17) is 0 Å². The molecule has 4 N–H and O–H groups in total. The standard InChI is InChI=1S/C18H18N2O8/c1-18(17(24)25,9-11-5-6-14(21)15(22)8-11)19-16(23)13-4-2-3-12(7-13)10-28-20(26)27/h2-8,21-22H,9-10H2,1H3,(H,19,23)(H,24,25). The molecule has 0 aromatic heterocycles. The summed E-state index contributed by atoms with van der Waals surface area (Å²) in [7, 11) is 0. The third-order valence-electron chi connectivity index (χ3n) is 3.98. The molecule has 0 saturated carbocycles. The quantitative estimate of drug-likeness (QED) is 0.300. The van der Waals surface area contributed by atoms with E-state index in [0.717, 1.165) is 0 Å². The van der Waals surface area contributed by atoms with Crippen LogP contribution in [0.2, 0.25) is 0 Å². The fourth-order valence-corrected chi connectivity index (χ4v) is 2.51. The molecule has 0 aliphatic carbocycles. The molecule has 0 radical (unpaired) electrons. The van der Waals surface area contributed by atoms with Crippen molar-refractivity contribution in [1.82, 2.24) is 5.32 Å². The lowest BCUT2D eigenvalue weighted by Gasteiger charge is -2.26. The number of hydrogen-bond acceptors (Lipinski definition) is 7. The van der Waals surface area contributed by atoms with Gasteiger partial charge in [0, 0.05) is 12.0 Å². The second-order valence-corrected chi connectivity index (χ2v) is 6.29. The van der Waals surface area contributed by atoms with E-state index in [1.54, 1.807) is 0 Å². The molecule has 0 heterocycles. The van der Waals surface area contributed by atoms with Crippen LogP contribution in [0.3, 0.4) is 0 Å². The summed E-state index contributed by atoms with van der Waals surface area (Å²) in [6, 6.07) is 9.65. The minimum Gasteiger partial charge on any atom is -0.504 e. The Morgan fingerprint density at radius 3 is 2.46 bits per heavy atom. The highest BCUT2D eigenvalue weighted by Gasteiger charge is 2.35. The first-order valence-electron chi connectivity index (χ1n) is 8.04. The SMILES string of the molecule is CC(Cc1ccc(O)c(O)c1)(NC(=O)c1cccc(CO[N+](=O)[O-])c1)C(=O)O. The van der Waals surface area contributed by atoms with Gasteiger partial charge in [-0.25, -0.2) is 4.79 Å². The van der Waals surface area contributed by atoms with E-state index in [1.165, 1.54) is 49.4 Å². The van der Waals surface area contributed by atoms with Crippen LogP contribution in [0.1, 0.15) is 28.4 Å². The zero-order valence-corrected chi connectivity index (χ0v) is 14.8. The molecule has 28 heavy (non-hydrogen) atoms. The van der Waals surface area contributed by atoms with Crippen LogP contribution >= 0.6 is 0 Å². The minimum absolute atomic E-state index is 0.102. The number of carboxylic acids is 1. The lowest BCUT2D eigenvalue weighted by atomic mass is 9.92. The largest absolute Gasteiger partial charge is 0.504 e. The second kappa shape index (κ2) is 8.25. The fraction of sp³-hybridized carbons (Fsp3) is 0.222. The molecule has 0 bridgehead atoms. The zero-order chi connectivity index (χ0) is 20.9. The molecule has 1 atom stereocenters. The molecule has 1 amide bonds. The normalized spacial score (nSPS) is 12.6. The first kappa shape index (κ1) is 20.5. The predicted octanol–water partition coefficient (Wildman–Crippen LogP) is 1.62. The number of aromatic hydroxyl groups is 2. The van der Waals surface area contributed by atoms with Gasteiger partial charge >= 0.3 is 5.97 Å². The van der Waals surface area contributed by atoms with Crippen molar-refractivity contribution in [1.29, 1.82) is 0 Å². The summed E-state index contributed by atoms with van der Waals surface area (Å²) in [5.41, 5.74) is -0.864. The van der Waals surface area contributed by atoms with E-state index in [9.17, 15) is 35.0 Å². The number of carbonyl (C=O) groups is 2. The number of phenolic OH excluding ortho intramolecular Hbond substituents is 2. The van der Waals surface area contributed by atoms with Crippen LogP contribution in [0.15, 0.2) is 42.5 Å². The monoisotopic (exact) mass is 390 g/mol. The molecule has 0 aliphatic heterocycles. The molecule has 2 aromatic rings. The van der Waals surface area contributed by atoms with E-state index < -0.39 is 28.3 Å². The van der Waals surface area contributed by atoms with Gasteiger partial charge in [-0.2, -0.15) is 0 Å². The maximum Gasteiger partial charge on any atom is 0.329 e. The number of nitrogens with one attached hydrogen (secondary N) is 1. The third kappa shape index (κ3) is 5.10. The van der Waals surface area contributed by atoms with Crippen molar-refractivity contribution >= 4 is 11.9 Å². The molecule has 1 unspecified atom stereocenters. The molecular weight excluding hydrogens is 372 g/mol. The molecule has 0 aliphatic rings. The Morgan fingerprint density at radius 2 is 1.86 bits per heavy atom. The van der Waals surface area contributed by atoms with Crippen molar-refractivity contribution in [3.05, 3.63) is 69.3 Å². The summed E-state index contributed by atoms with van der Waals surface area (Å²) >= 11 is 0. The summed E-state index contributed by atoms with van der Waals surface area (Å²) in [6.45, 7) is 0.952. The highest BCUT2D eigenvalue weighted by molar-refractivity contribution is 5.98. The first-order valence-corrected chi connectivity index (χ1v) is 8.04. The fourth-order valence-electron chi connectivity index (χ4n) is 2.51. The van der Waals surface area contributed by atoms with Gasteiger partial charge in [-0.15, -0.1) is 10.1 Å². The van der Waals surface area contributed by atoms with Gasteiger partial charge in [0.25, 0.3) is 11.0 Å². The lowest BCUT2D eigenvalue weighted by molar-refractivity contribution is -0.763. The number of benzene rings is 2. The van der Waals surface area contributed by atoms with Gasteiger partial charge in [-0.1, -0.05) is 18.2 Å². The van der Waals surface area contributed by atoms with Crippen LogP contribution in [0.5, 0.6) is 11.5 Å². The molecule has 148 valence electrons. The van der Waals surface area contributed by atoms with Crippen LogP contribution in [-0.4, -0.2) is 37.8 Å².